The molecule has 162 valence electrons. The zero-order chi connectivity index (χ0) is 22.3. The van der Waals surface area contributed by atoms with Crippen molar-refractivity contribution >= 4 is 31.7 Å². The molecule has 0 atom stereocenters. The fraction of sp³-hybridized carbons (Fsp3) is 0.160. The second kappa shape index (κ2) is 8.22. The van der Waals surface area contributed by atoms with Crippen molar-refractivity contribution in [3.63, 3.8) is 0 Å². The standard InChI is InChI=1S/C25H21BrN2O3S/c1-17-6-2-5-9-22(17)23-27-24(32(29,30)21-12-10-20(26)11-13-21)25(31-23)28-15-14-18-7-3-4-8-19(18)16-28/h2-13H,14-16H2,1H3. The quantitative estimate of drug-likeness (QED) is 0.348. The highest BCUT2D eigenvalue weighted by molar-refractivity contribution is 9.10. The van der Waals surface area contributed by atoms with Gasteiger partial charge in [-0.05, 0) is 60.4 Å². The summed E-state index contributed by atoms with van der Waals surface area (Å²) in [6.45, 7) is 3.18. The van der Waals surface area contributed by atoms with Crippen LogP contribution in [-0.4, -0.2) is 19.9 Å². The van der Waals surface area contributed by atoms with Crippen LogP contribution >= 0.6 is 15.9 Å². The smallest absolute Gasteiger partial charge is 0.236 e. The fourth-order valence-electron chi connectivity index (χ4n) is 4.00. The van der Waals surface area contributed by atoms with Gasteiger partial charge in [0.25, 0.3) is 0 Å². The van der Waals surface area contributed by atoms with E-state index in [4.69, 9.17) is 4.42 Å². The molecule has 0 saturated carbocycles. The predicted octanol–water partition coefficient (Wildman–Crippen LogP) is 5.81. The lowest BCUT2D eigenvalue weighted by Crippen LogP contribution is -2.31. The molecule has 0 unspecified atom stereocenters. The molecule has 32 heavy (non-hydrogen) atoms. The van der Waals surface area contributed by atoms with Gasteiger partial charge in [-0.15, -0.1) is 0 Å². The van der Waals surface area contributed by atoms with Crippen LogP contribution in [0, 0.1) is 6.92 Å². The normalized spacial score (nSPS) is 13.8. The van der Waals surface area contributed by atoms with Gasteiger partial charge < -0.3 is 9.32 Å². The first-order valence-corrected chi connectivity index (χ1v) is 12.6. The average Bonchev–Trinajstić information content (AvgIpc) is 3.25. The number of hydrogen-bond donors (Lipinski definition) is 0. The van der Waals surface area contributed by atoms with Gasteiger partial charge in [0.15, 0.2) is 0 Å². The first-order valence-electron chi connectivity index (χ1n) is 10.3. The molecule has 1 aliphatic heterocycles. The Morgan fingerprint density at radius 1 is 0.938 bits per heavy atom. The van der Waals surface area contributed by atoms with E-state index in [-0.39, 0.29) is 9.92 Å². The van der Waals surface area contributed by atoms with E-state index in [0.29, 0.717) is 24.9 Å². The first kappa shape index (κ1) is 21.0. The summed E-state index contributed by atoms with van der Waals surface area (Å²) in [5.41, 5.74) is 4.19. The Morgan fingerprint density at radius 3 is 2.38 bits per heavy atom. The largest absolute Gasteiger partial charge is 0.419 e. The second-order valence-electron chi connectivity index (χ2n) is 7.84. The molecule has 3 aromatic carbocycles. The van der Waals surface area contributed by atoms with E-state index in [0.717, 1.165) is 22.0 Å². The second-order valence-corrected chi connectivity index (χ2v) is 10.6. The van der Waals surface area contributed by atoms with Crippen molar-refractivity contribution in [3.05, 3.63) is 94.0 Å². The molecule has 0 radical (unpaired) electrons. The molecule has 1 aromatic heterocycles. The lowest BCUT2D eigenvalue weighted by atomic mass is 10.0. The highest BCUT2D eigenvalue weighted by Crippen LogP contribution is 2.37. The summed E-state index contributed by atoms with van der Waals surface area (Å²) in [4.78, 5) is 6.69. The maximum atomic E-state index is 13.6. The molecule has 4 aromatic rings. The molecule has 0 amide bonds. The number of hydrogen-bond acceptors (Lipinski definition) is 5. The summed E-state index contributed by atoms with van der Waals surface area (Å²) in [7, 11) is -3.88. The molecular weight excluding hydrogens is 488 g/mol. The summed E-state index contributed by atoms with van der Waals surface area (Å²) < 4.78 is 34.2. The molecule has 0 aliphatic carbocycles. The Balaban J connectivity index is 1.65. The minimum Gasteiger partial charge on any atom is -0.419 e. The number of nitrogens with zero attached hydrogens (tertiary/aromatic N) is 2. The van der Waals surface area contributed by atoms with E-state index in [1.807, 2.05) is 48.2 Å². The predicted molar refractivity (Wildman–Crippen MR) is 127 cm³/mol. The number of aryl methyl sites for hydroxylation is 1. The minimum atomic E-state index is -3.88. The van der Waals surface area contributed by atoms with Gasteiger partial charge in [0.2, 0.25) is 26.6 Å². The van der Waals surface area contributed by atoms with E-state index in [1.165, 1.54) is 11.1 Å². The van der Waals surface area contributed by atoms with Crippen LogP contribution < -0.4 is 4.90 Å². The topological polar surface area (TPSA) is 63.4 Å². The van der Waals surface area contributed by atoms with Crippen molar-refractivity contribution < 1.29 is 12.8 Å². The van der Waals surface area contributed by atoms with Crippen LogP contribution in [0.1, 0.15) is 16.7 Å². The number of sulfone groups is 1. The summed E-state index contributed by atoms with van der Waals surface area (Å²) >= 11 is 3.37. The number of benzene rings is 3. The Labute approximate surface area is 195 Å². The van der Waals surface area contributed by atoms with Crippen molar-refractivity contribution in [1.29, 1.82) is 0 Å². The SMILES string of the molecule is Cc1ccccc1-c1nc(S(=O)(=O)c2ccc(Br)cc2)c(N2CCc3ccccc3C2)o1. The summed E-state index contributed by atoms with van der Waals surface area (Å²) in [5.74, 6) is 0.605. The monoisotopic (exact) mass is 508 g/mol. The average molecular weight is 509 g/mol. The third-order valence-corrected chi connectivity index (χ3v) is 7.95. The Bertz CT molecular complexity index is 1390. The number of anilines is 1. The van der Waals surface area contributed by atoms with Gasteiger partial charge in [-0.2, -0.15) is 4.98 Å². The van der Waals surface area contributed by atoms with Crippen LogP contribution in [0.15, 0.2) is 91.6 Å². The van der Waals surface area contributed by atoms with E-state index < -0.39 is 9.84 Å². The number of halogens is 1. The van der Waals surface area contributed by atoms with Gasteiger partial charge in [0.05, 0.1) is 4.90 Å². The van der Waals surface area contributed by atoms with E-state index in [1.54, 1.807) is 24.3 Å². The molecule has 0 fully saturated rings. The van der Waals surface area contributed by atoms with Crippen molar-refractivity contribution in [2.45, 2.75) is 29.8 Å². The van der Waals surface area contributed by atoms with Crippen LogP contribution in [0.5, 0.6) is 0 Å². The lowest BCUT2D eigenvalue weighted by Gasteiger charge is -2.28. The number of oxazole rings is 1. The first-order chi connectivity index (χ1) is 15.4. The number of aromatic nitrogens is 1. The van der Waals surface area contributed by atoms with Crippen LogP contribution in [0.25, 0.3) is 11.5 Å². The molecule has 0 spiro atoms. The Kier molecular flexibility index (Phi) is 5.39. The van der Waals surface area contributed by atoms with Gasteiger partial charge in [-0.1, -0.05) is 58.4 Å². The fourth-order valence-corrected chi connectivity index (χ4v) is 5.58. The number of fused-ring (bicyclic) bond motifs is 1. The van der Waals surface area contributed by atoms with E-state index in [9.17, 15) is 8.42 Å². The molecule has 0 bridgehead atoms. The van der Waals surface area contributed by atoms with Gasteiger partial charge in [0.1, 0.15) is 0 Å². The van der Waals surface area contributed by atoms with Gasteiger partial charge in [0, 0.05) is 23.1 Å². The highest BCUT2D eigenvalue weighted by atomic mass is 79.9. The molecule has 1 aliphatic rings. The van der Waals surface area contributed by atoms with Crippen LogP contribution in [0.2, 0.25) is 0 Å². The molecule has 0 N–H and O–H groups in total. The lowest BCUT2D eigenvalue weighted by molar-refractivity contribution is 0.533. The summed E-state index contributed by atoms with van der Waals surface area (Å²) in [5, 5.41) is -0.0440. The maximum Gasteiger partial charge on any atom is 0.236 e. The van der Waals surface area contributed by atoms with Crippen molar-refractivity contribution in [2.24, 2.45) is 0 Å². The van der Waals surface area contributed by atoms with Crippen LogP contribution in [0.3, 0.4) is 0 Å². The van der Waals surface area contributed by atoms with Gasteiger partial charge >= 0.3 is 0 Å². The third-order valence-electron chi connectivity index (χ3n) is 5.75. The van der Waals surface area contributed by atoms with Crippen molar-refractivity contribution in [1.82, 2.24) is 4.98 Å². The molecule has 7 heteroatoms. The number of rotatable bonds is 4. The Hall–Kier alpha value is -2.90. The van der Waals surface area contributed by atoms with Crippen molar-refractivity contribution in [3.8, 4) is 11.5 Å². The van der Waals surface area contributed by atoms with Gasteiger partial charge in [-0.3, -0.25) is 0 Å². The van der Waals surface area contributed by atoms with Crippen molar-refractivity contribution in [2.75, 3.05) is 11.4 Å². The maximum absolute atomic E-state index is 13.6. The molecular formula is C25H21BrN2O3S. The van der Waals surface area contributed by atoms with E-state index in [2.05, 4.69) is 33.0 Å². The zero-order valence-corrected chi connectivity index (χ0v) is 19.9. The van der Waals surface area contributed by atoms with Crippen LogP contribution in [0.4, 0.5) is 5.88 Å². The summed E-state index contributed by atoms with van der Waals surface area (Å²) in [6.07, 6.45) is 0.814. The van der Waals surface area contributed by atoms with Gasteiger partial charge in [-0.25, -0.2) is 8.42 Å². The third kappa shape index (κ3) is 3.76. The highest BCUT2D eigenvalue weighted by Gasteiger charge is 2.33. The van der Waals surface area contributed by atoms with E-state index >= 15 is 0 Å². The molecule has 0 saturated heterocycles. The zero-order valence-electron chi connectivity index (χ0n) is 17.5. The Morgan fingerprint density at radius 2 is 1.62 bits per heavy atom. The molecule has 5 rings (SSSR count). The minimum absolute atomic E-state index is 0.0440. The molecule has 5 nitrogen and oxygen atoms in total. The molecule has 2 heterocycles. The summed E-state index contributed by atoms with van der Waals surface area (Å²) in [6, 6.07) is 22.5. The van der Waals surface area contributed by atoms with Crippen LogP contribution in [-0.2, 0) is 22.8 Å².